The molecule has 0 aliphatic carbocycles. The molecule has 0 spiro atoms. The predicted molar refractivity (Wildman–Crippen MR) is 115 cm³/mol. The third-order valence-corrected chi connectivity index (χ3v) is 6.13. The van der Waals surface area contributed by atoms with E-state index in [4.69, 9.17) is 4.98 Å². The number of hydrogen-bond acceptors (Lipinski definition) is 5. The number of nitrogens with one attached hydrogen (secondary N) is 1. The largest absolute Gasteiger partial charge is 0.341 e. The highest BCUT2D eigenvalue weighted by molar-refractivity contribution is 5.80. The fourth-order valence-corrected chi connectivity index (χ4v) is 4.61. The molecule has 2 aliphatic heterocycles. The number of carbonyl (C=O) groups is 1. The average molecular weight is 420 g/mol. The monoisotopic (exact) mass is 420 g/mol. The fourth-order valence-electron chi connectivity index (χ4n) is 4.61. The van der Waals surface area contributed by atoms with Gasteiger partial charge in [-0.1, -0.05) is 12.1 Å². The van der Waals surface area contributed by atoms with Crippen molar-refractivity contribution in [3.8, 4) is 11.3 Å². The van der Waals surface area contributed by atoms with Gasteiger partial charge in [-0.2, -0.15) is 5.10 Å². The van der Waals surface area contributed by atoms with Crippen molar-refractivity contribution in [2.45, 2.75) is 38.1 Å². The zero-order chi connectivity index (χ0) is 21.2. The number of anilines is 1. The maximum absolute atomic E-state index is 13.5. The molecule has 31 heavy (non-hydrogen) atoms. The van der Waals surface area contributed by atoms with Crippen LogP contribution in [0.3, 0.4) is 0 Å². The number of aromatic amines is 1. The van der Waals surface area contributed by atoms with Crippen molar-refractivity contribution >= 4 is 11.9 Å². The molecule has 0 unspecified atom stereocenters. The van der Waals surface area contributed by atoms with Crippen molar-refractivity contribution in [2.75, 3.05) is 24.5 Å². The Labute approximate surface area is 180 Å². The van der Waals surface area contributed by atoms with Gasteiger partial charge in [0.2, 0.25) is 11.9 Å². The molecule has 7 nitrogen and oxygen atoms in total. The smallest absolute Gasteiger partial charge is 0.227 e. The molecule has 5 rings (SSSR count). The van der Waals surface area contributed by atoms with E-state index < -0.39 is 0 Å². The number of H-pyrrole nitrogens is 1. The number of nitrogens with zero attached hydrogens (tertiary/aromatic N) is 5. The number of benzene rings is 1. The van der Waals surface area contributed by atoms with Gasteiger partial charge >= 0.3 is 0 Å². The molecule has 1 atom stereocenters. The van der Waals surface area contributed by atoms with Crippen molar-refractivity contribution in [1.29, 1.82) is 0 Å². The highest BCUT2D eigenvalue weighted by atomic mass is 19.1. The lowest BCUT2D eigenvalue weighted by atomic mass is 10.0. The van der Waals surface area contributed by atoms with E-state index in [2.05, 4.69) is 20.1 Å². The molecule has 8 heteroatoms. The zero-order valence-electron chi connectivity index (χ0n) is 17.3. The second-order valence-corrected chi connectivity index (χ2v) is 8.19. The third kappa shape index (κ3) is 4.02. The summed E-state index contributed by atoms with van der Waals surface area (Å²) in [5.74, 6) is 0.415. The van der Waals surface area contributed by atoms with Crippen LogP contribution < -0.4 is 4.90 Å². The normalized spacial score (nSPS) is 18.7. The van der Waals surface area contributed by atoms with Crippen molar-refractivity contribution in [3.05, 3.63) is 59.8 Å². The zero-order valence-corrected chi connectivity index (χ0v) is 17.3. The van der Waals surface area contributed by atoms with E-state index in [1.165, 1.54) is 12.1 Å². The van der Waals surface area contributed by atoms with E-state index in [0.29, 0.717) is 12.1 Å². The van der Waals surface area contributed by atoms with Crippen molar-refractivity contribution < 1.29 is 9.18 Å². The van der Waals surface area contributed by atoms with Crippen molar-refractivity contribution in [2.24, 2.45) is 0 Å². The van der Waals surface area contributed by atoms with E-state index in [9.17, 15) is 9.18 Å². The van der Waals surface area contributed by atoms with Crippen molar-refractivity contribution in [1.82, 2.24) is 25.1 Å². The Hall–Kier alpha value is -3.29. The number of likely N-dealkylation sites (tertiary alicyclic amines) is 1. The number of amides is 1. The number of aromatic nitrogens is 4. The lowest BCUT2D eigenvalue weighted by Gasteiger charge is -2.25. The third-order valence-electron chi connectivity index (χ3n) is 6.13. The highest BCUT2D eigenvalue weighted by Crippen LogP contribution is 2.36. The molecule has 0 radical (unpaired) electrons. The van der Waals surface area contributed by atoms with Gasteiger partial charge in [0.25, 0.3) is 0 Å². The molecular formula is C23H25FN6O. The lowest BCUT2D eigenvalue weighted by Crippen LogP contribution is -2.32. The molecular weight excluding hydrogens is 395 g/mol. The van der Waals surface area contributed by atoms with Crippen LogP contribution in [-0.4, -0.2) is 50.6 Å². The minimum Gasteiger partial charge on any atom is -0.341 e. The van der Waals surface area contributed by atoms with Crippen LogP contribution in [0.25, 0.3) is 11.3 Å². The Morgan fingerprint density at radius 1 is 1.16 bits per heavy atom. The van der Waals surface area contributed by atoms with E-state index in [1.807, 2.05) is 11.0 Å². The van der Waals surface area contributed by atoms with Gasteiger partial charge in [0.05, 0.1) is 30.0 Å². The van der Waals surface area contributed by atoms with Gasteiger partial charge in [-0.15, -0.1) is 0 Å². The van der Waals surface area contributed by atoms with E-state index in [0.717, 1.165) is 61.7 Å². The Balaban J connectivity index is 1.39. The SMILES string of the molecule is O=C(Cc1cccc(F)c1)N1CCC[C@@H]1c1[nH]ncc1-c1ccnc(N2CCCC2)n1. The van der Waals surface area contributed by atoms with Crippen LogP contribution >= 0.6 is 0 Å². The molecule has 0 saturated carbocycles. The quantitative estimate of drug-likeness (QED) is 0.683. The summed E-state index contributed by atoms with van der Waals surface area (Å²) in [7, 11) is 0. The van der Waals surface area contributed by atoms with Gasteiger partial charge in [-0.3, -0.25) is 9.89 Å². The number of rotatable bonds is 5. The van der Waals surface area contributed by atoms with Gasteiger partial charge in [0.15, 0.2) is 0 Å². The Morgan fingerprint density at radius 2 is 2.03 bits per heavy atom. The molecule has 2 aromatic heterocycles. The molecule has 4 heterocycles. The minimum atomic E-state index is -0.323. The van der Waals surface area contributed by atoms with Crippen molar-refractivity contribution in [3.63, 3.8) is 0 Å². The van der Waals surface area contributed by atoms with Gasteiger partial charge < -0.3 is 9.80 Å². The maximum atomic E-state index is 13.5. The first kappa shape index (κ1) is 19.7. The summed E-state index contributed by atoms with van der Waals surface area (Å²) in [6.07, 6.45) is 7.84. The molecule has 0 bridgehead atoms. The Bertz CT molecular complexity index is 1080. The van der Waals surface area contributed by atoms with Crippen LogP contribution in [0.1, 0.15) is 43.0 Å². The number of carbonyl (C=O) groups excluding carboxylic acids is 1. The second kappa shape index (κ2) is 8.45. The van der Waals surface area contributed by atoms with Gasteiger partial charge in [-0.05, 0) is 49.4 Å². The molecule has 160 valence electrons. The molecule has 2 fully saturated rings. The molecule has 1 aromatic carbocycles. The first-order valence-corrected chi connectivity index (χ1v) is 10.8. The molecule has 1 amide bonds. The first-order valence-electron chi connectivity index (χ1n) is 10.8. The summed E-state index contributed by atoms with van der Waals surface area (Å²) in [6.45, 7) is 2.64. The molecule has 2 saturated heterocycles. The van der Waals surface area contributed by atoms with Gasteiger partial charge in [0, 0.05) is 31.4 Å². The first-order chi connectivity index (χ1) is 15.2. The highest BCUT2D eigenvalue weighted by Gasteiger charge is 2.33. The maximum Gasteiger partial charge on any atom is 0.227 e. The summed E-state index contributed by atoms with van der Waals surface area (Å²) < 4.78 is 13.5. The molecule has 2 aliphatic rings. The van der Waals surface area contributed by atoms with Crippen LogP contribution in [0.2, 0.25) is 0 Å². The van der Waals surface area contributed by atoms with Crippen LogP contribution in [-0.2, 0) is 11.2 Å². The van der Waals surface area contributed by atoms with E-state index in [-0.39, 0.29) is 24.2 Å². The van der Waals surface area contributed by atoms with Gasteiger partial charge in [-0.25, -0.2) is 14.4 Å². The topological polar surface area (TPSA) is 78.0 Å². The standard InChI is InChI=1S/C23H25FN6O/c24-17-6-3-5-16(13-17)14-21(31)30-12-4-7-20(30)22-18(15-26-28-22)19-8-9-25-23(27-19)29-10-1-2-11-29/h3,5-6,8-9,13,15,20H,1-2,4,7,10-12,14H2,(H,26,28)/t20-/m1/s1. The summed E-state index contributed by atoms with van der Waals surface area (Å²) in [5, 5.41) is 7.39. The number of hydrogen-bond donors (Lipinski definition) is 1. The summed E-state index contributed by atoms with van der Waals surface area (Å²) in [5.41, 5.74) is 3.30. The summed E-state index contributed by atoms with van der Waals surface area (Å²) in [6, 6.07) is 8.03. The average Bonchev–Trinajstić information content (AvgIpc) is 3.55. The Morgan fingerprint density at radius 3 is 2.87 bits per heavy atom. The Kier molecular flexibility index (Phi) is 5.36. The molecule has 1 N–H and O–H groups in total. The minimum absolute atomic E-state index is 0.00547. The molecule has 3 aromatic rings. The predicted octanol–water partition coefficient (Wildman–Crippen LogP) is 3.51. The van der Waals surface area contributed by atoms with Crippen LogP contribution in [0.5, 0.6) is 0 Å². The summed E-state index contributed by atoms with van der Waals surface area (Å²) in [4.78, 5) is 26.4. The lowest BCUT2D eigenvalue weighted by molar-refractivity contribution is -0.131. The fraction of sp³-hybridized carbons (Fsp3) is 0.391. The number of halogens is 1. The van der Waals surface area contributed by atoms with E-state index in [1.54, 1.807) is 24.5 Å². The van der Waals surface area contributed by atoms with Crippen LogP contribution in [0.4, 0.5) is 10.3 Å². The van der Waals surface area contributed by atoms with E-state index >= 15 is 0 Å². The van der Waals surface area contributed by atoms with Gasteiger partial charge in [0.1, 0.15) is 5.82 Å². The van der Waals surface area contributed by atoms with Crippen LogP contribution in [0.15, 0.2) is 42.7 Å². The summed E-state index contributed by atoms with van der Waals surface area (Å²) >= 11 is 0. The van der Waals surface area contributed by atoms with Crippen LogP contribution in [0, 0.1) is 5.82 Å². The second-order valence-electron chi connectivity index (χ2n) is 8.19.